The van der Waals surface area contributed by atoms with Gasteiger partial charge in [0, 0.05) is 30.6 Å². The van der Waals surface area contributed by atoms with E-state index in [9.17, 15) is 0 Å². The van der Waals surface area contributed by atoms with Crippen LogP contribution >= 0.6 is 11.8 Å². The SMILES string of the molecule is CSc1cccc(CNC(C)CN(C)CCO)c1. The summed E-state index contributed by atoms with van der Waals surface area (Å²) in [6.45, 7) is 4.96. The highest BCUT2D eigenvalue weighted by Crippen LogP contribution is 2.15. The van der Waals surface area contributed by atoms with Crippen LogP contribution in [0.4, 0.5) is 0 Å². The van der Waals surface area contributed by atoms with E-state index in [1.165, 1.54) is 10.5 Å². The normalized spacial score (nSPS) is 12.9. The highest BCUT2D eigenvalue weighted by molar-refractivity contribution is 7.98. The Kier molecular flexibility index (Phi) is 7.35. The fraction of sp³-hybridized carbons (Fsp3) is 0.571. The third-order valence-electron chi connectivity index (χ3n) is 2.86. The lowest BCUT2D eigenvalue weighted by molar-refractivity contribution is 0.210. The molecule has 0 amide bonds. The summed E-state index contributed by atoms with van der Waals surface area (Å²) in [5.41, 5.74) is 1.32. The highest BCUT2D eigenvalue weighted by Gasteiger charge is 2.05. The second-order valence-corrected chi connectivity index (χ2v) is 5.50. The topological polar surface area (TPSA) is 35.5 Å². The number of benzene rings is 1. The maximum atomic E-state index is 8.85. The summed E-state index contributed by atoms with van der Waals surface area (Å²) in [5, 5.41) is 12.4. The number of rotatable bonds is 8. The average molecular weight is 268 g/mol. The van der Waals surface area contributed by atoms with Crippen LogP contribution in [0.25, 0.3) is 0 Å². The van der Waals surface area contributed by atoms with Crippen LogP contribution in [-0.4, -0.2) is 49.0 Å². The Morgan fingerprint density at radius 2 is 2.22 bits per heavy atom. The lowest BCUT2D eigenvalue weighted by Gasteiger charge is -2.21. The minimum absolute atomic E-state index is 0.221. The van der Waals surface area contributed by atoms with E-state index in [0.717, 1.165) is 19.6 Å². The summed E-state index contributed by atoms with van der Waals surface area (Å²) in [5.74, 6) is 0. The van der Waals surface area contributed by atoms with Gasteiger partial charge < -0.3 is 15.3 Å². The molecule has 0 saturated heterocycles. The molecule has 1 unspecified atom stereocenters. The fourth-order valence-corrected chi connectivity index (χ4v) is 2.35. The van der Waals surface area contributed by atoms with E-state index in [2.05, 4.69) is 47.7 Å². The van der Waals surface area contributed by atoms with Gasteiger partial charge in [-0.2, -0.15) is 0 Å². The summed E-state index contributed by atoms with van der Waals surface area (Å²) in [7, 11) is 2.03. The summed E-state index contributed by atoms with van der Waals surface area (Å²) in [6, 6.07) is 9.02. The van der Waals surface area contributed by atoms with Crippen LogP contribution in [0.2, 0.25) is 0 Å². The molecule has 1 rings (SSSR count). The maximum absolute atomic E-state index is 8.85. The number of thioether (sulfide) groups is 1. The van der Waals surface area contributed by atoms with Crippen molar-refractivity contribution in [2.45, 2.75) is 24.4 Å². The Labute approximate surface area is 115 Å². The molecule has 4 heteroatoms. The summed E-state index contributed by atoms with van der Waals surface area (Å²) < 4.78 is 0. The molecule has 0 fully saturated rings. The molecule has 0 aliphatic carbocycles. The number of aliphatic hydroxyl groups excluding tert-OH is 1. The molecule has 1 aromatic rings. The zero-order valence-corrected chi connectivity index (χ0v) is 12.3. The van der Waals surface area contributed by atoms with E-state index in [1.807, 2.05) is 7.05 Å². The van der Waals surface area contributed by atoms with Gasteiger partial charge in [-0.25, -0.2) is 0 Å². The van der Waals surface area contributed by atoms with Crippen LogP contribution in [0.5, 0.6) is 0 Å². The van der Waals surface area contributed by atoms with Crippen LogP contribution in [0.3, 0.4) is 0 Å². The highest BCUT2D eigenvalue weighted by atomic mass is 32.2. The monoisotopic (exact) mass is 268 g/mol. The van der Waals surface area contributed by atoms with Gasteiger partial charge in [-0.1, -0.05) is 12.1 Å². The molecule has 18 heavy (non-hydrogen) atoms. The molecule has 1 aromatic carbocycles. The number of hydrogen-bond acceptors (Lipinski definition) is 4. The van der Waals surface area contributed by atoms with E-state index in [1.54, 1.807) is 11.8 Å². The molecule has 1 atom stereocenters. The van der Waals surface area contributed by atoms with E-state index in [-0.39, 0.29) is 6.61 Å². The largest absolute Gasteiger partial charge is 0.395 e. The first-order chi connectivity index (χ1) is 8.65. The van der Waals surface area contributed by atoms with E-state index in [4.69, 9.17) is 5.11 Å². The van der Waals surface area contributed by atoms with Crippen molar-refractivity contribution in [3.05, 3.63) is 29.8 Å². The lowest BCUT2D eigenvalue weighted by atomic mass is 10.2. The van der Waals surface area contributed by atoms with Gasteiger partial charge in [0.05, 0.1) is 6.61 Å². The number of likely N-dealkylation sites (N-methyl/N-ethyl adjacent to an activating group) is 1. The van der Waals surface area contributed by atoms with Gasteiger partial charge in [0.25, 0.3) is 0 Å². The van der Waals surface area contributed by atoms with Crippen molar-refractivity contribution in [3.8, 4) is 0 Å². The Morgan fingerprint density at radius 3 is 2.89 bits per heavy atom. The summed E-state index contributed by atoms with van der Waals surface area (Å²) in [6.07, 6.45) is 2.10. The van der Waals surface area contributed by atoms with Crippen LogP contribution < -0.4 is 5.32 Å². The van der Waals surface area contributed by atoms with Gasteiger partial charge in [0.15, 0.2) is 0 Å². The lowest BCUT2D eigenvalue weighted by Crippen LogP contribution is -2.38. The van der Waals surface area contributed by atoms with Crippen molar-refractivity contribution in [3.63, 3.8) is 0 Å². The Bertz CT molecular complexity index is 346. The predicted octanol–water partition coefficient (Wildman–Crippen LogP) is 1.81. The van der Waals surface area contributed by atoms with Crippen LogP contribution in [-0.2, 0) is 6.54 Å². The Balaban J connectivity index is 2.35. The van der Waals surface area contributed by atoms with E-state index >= 15 is 0 Å². The van der Waals surface area contributed by atoms with Gasteiger partial charge >= 0.3 is 0 Å². The molecule has 0 heterocycles. The number of nitrogens with zero attached hydrogens (tertiary/aromatic N) is 1. The molecule has 0 aliphatic rings. The number of hydrogen-bond donors (Lipinski definition) is 2. The van der Waals surface area contributed by atoms with E-state index < -0.39 is 0 Å². The average Bonchev–Trinajstić information content (AvgIpc) is 2.37. The van der Waals surface area contributed by atoms with Crippen LogP contribution in [0.15, 0.2) is 29.2 Å². The molecule has 102 valence electrons. The second kappa shape index (κ2) is 8.53. The van der Waals surface area contributed by atoms with Crippen LogP contribution in [0.1, 0.15) is 12.5 Å². The minimum atomic E-state index is 0.221. The molecule has 0 aromatic heterocycles. The van der Waals surface area contributed by atoms with Crippen molar-refractivity contribution < 1.29 is 5.11 Å². The molecule has 0 aliphatic heterocycles. The van der Waals surface area contributed by atoms with Crippen molar-refractivity contribution in [1.82, 2.24) is 10.2 Å². The first-order valence-electron chi connectivity index (χ1n) is 6.31. The van der Waals surface area contributed by atoms with Gasteiger partial charge in [0.1, 0.15) is 0 Å². The quantitative estimate of drug-likeness (QED) is 0.705. The summed E-state index contributed by atoms with van der Waals surface area (Å²) >= 11 is 1.77. The predicted molar refractivity (Wildman–Crippen MR) is 79.1 cm³/mol. The van der Waals surface area contributed by atoms with Gasteiger partial charge in [-0.05, 0) is 37.9 Å². The molecule has 0 spiro atoms. The van der Waals surface area contributed by atoms with Crippen molar-refractivity contribution >= 4 is 11.8 Å². The van der Waals surface area contributed by atoms with Crippen LogP contribution in [0, 0.1) is 0 Å². The summed E-state index contributed by atoms with van der Waals surface area (Å²) in [4.78, 5) is 3.44. The van der Waals surface area contributed by atoms with Crippen molar-refractivity contribution in [2.24, 2.45) is 0 Å². The molecular formula is C14H24N2OS. The third kappa shape index (κ3) is 5.87. The zero-order chi connectivity index (χ0) is 13.4. The standard InChI is InChI=1S/C14H24N2OS/c1-12(11-16(2)7-8-17)15-10-13-5-4-6-14(9-13)18-3/h4-6,9,12,15,17H,7-8,10-11H2,1-3H3. The molecule has 2 N–H and O–H groups in total. The molecule has 3 nitrogen and oxygen atoms in total. The molecular weight excluding hydrogens is 244 g/mol. The Hall–Kier alpha value is -0.550. The minimum Gasteiger partial charge on any atom is -0.395 e. The van der Waals surface area contributed by atoms with Gasteiger partial charge in [0.2, 0.25) is 0 Å². The first kappa shape index (κ1) is 15.5. The zero-order valence-electron chi connectivity index (χ0n) is 11.5. The van der Waals surface area contributed by atoms with Crippen molar-refractivity contribution in [2.75, 3.05) is 33.0 Å². The molecule has 0 saturated carbocycles. The molecule has 0 radical (unpaired) electrons. The van der Waals surface area contributed by atoms with Gasteiger partial charge in [-0.15, -0.1) is 11.8 Å². The second-order valence-electron chi connectivity index (χ2n) is 4.62. The maximum Gasteiger partial charge on any atom is 0.0558 e. The first-order valence-corrected chi connectivity index (χ1v) is 7.54. The fourth-order valence-electron chi connectivity index (χ4n) is 1.87. The number of aliphatic hydroxyl groups is 1. The van der Waals surface area contributed by atoms with Gasteiger partial charge in [-0.3, -0.25) is 0 Å². The smallest absolute Gasteiger partial charge is 0.0558 e. The van der Waals surface area contributed by atoms with Crippen molar-refractivity contribution in [1.29, 1.82) is 0 Å². The molecule has 0 bridgehead atoms. The van der Waals surface area contributed by atoms with E-state index in [0.29, 0.717) is 6.04 Å². The third-order valence-corrected chi connectivity index (χ3v) is 3.58. The number of nitrogens with one attached hydrogen (secondary N) is 1. The Morgan fingerprint density at radius 1 is 1.44 bits per heavy atom.